The van der Waals surface area contributed by atoms with Gasteiger partial charge < -0.3 is 11.1 Å². The normalized spacial score (nSPS) is 16.4. The second-order valence-corrected chi connectivity index (χ2v) is 3.67. The number of nitrogens with one attached hydrogen (secondary N) is 1. The van der Waals surface area contributed by atoms with Crippen LogP contribution in [0.15, 0.2) is 12.4 Å². The first-order valence-corrected chi connectivity index (χ1v) is 5.16. The molecule has 1 aromatic heterocycles. The van der Waals surface area contributed by atoms with E-state index < -0.39 is 0 Å². The molecule has 0 bridgehead atoms. The zero-order valence-electron chi connectivity index (χ0n) is 8.24. The predicted octanol–water partition coefficient (Wildman–Crippen LogP) is 1.11. The molecule has 0 aliphatic heterocycles. The van der Waals surface area contributed by atoms with E-state index in [4.69, 9.17) is 5.73 Å². The van der Waals surface area contributed by atoms with Crippen molar-refractivity contribution in [2.75, 3.05) is 18.4 Å². The van der Waals surface area contributed by atoms with Crippen LogP contribution >= 0.6 is 0 Å². The van der Waals surface area contributed by atoms with Crippen LogP contribution in [0.4, 0.5) is 5.82 Å². The molecular weight excluding hydrogens is 176 g/mol. The first-order valence-electron chi connectivity index (χ1n) is 5.16. The second-order valence-electron chi connectivity index (χ2n) is 3.67. The molecule has 0 saturated heterocycles. The van der Waals surface area contributed by atoms with Crippen LogP contribution in [0.25, 0.3) is 0 Å². The van der Waals surface area contributed by atoms with Gasteiger partial charge in [-0.15, -0.1) is 0 Å². The van der Waals surface area contributed by atoms with Crippen molar-refractivity contribution < 1.29 is 0 Å². The fourth-order valence-corrected chi connectivity index (χ4v) is 1.60. The van der Waals surface area contributed by atoms with E-state index in [9.17, 15) is 0 Å². The van der Waals surface area contributed by atoms with Gasteiger partial charge in [-0.2, -0.15) is 0 Å². The summed E-state index contributed by atoms with van der Waals surface area (Å²) < 4.78 is 0. The average molecular weight is 192 g/mol. The van der Waals surface area contributed by atoms with E-state index in [-0.39, 0.29) is 0 Å². The van der Waals surface area contributed by atoms with Gasteiger partial charge in [0.05, 0.1) is 0 Å². The lowest BCUT2D eigenvalue weighted by molar-refractivity contribution is 0.411. The monoisotopic (exact) mass is 192 g/mol. The summed E-state index contributed by atoms with van der Waals surface area (Å²) in [5.41, 5.74) is 6.58. The van der Waals surface area contributed by atoms with Gasteiger partial charge in [0, 0.05) is 30.8 Å². The summed E-state index contributed by atoms with van der Waals surface area (Å²) in [7, 11) is 0. The van der Waals surface area contributed by atoms with Crippen molar-refractivity contribution in [1.29, 1.82) is 0 Å². The third kappa shape index (κ3) is 2.01. The van der Waals surface area contributed by atoms with E-state index >= 15 is 0 Å². The zero-order valence-corrected chi connectivity index (χ0v) is 8.24. The van der Waals surface area contributed by atoms with Crippen LogP contribution < -0.4 is 11.1 Å². The molecule has 0 amide bonds. The lowest BCUT2D eigenvalue weighted by atomic mass is 9.83. The highest BCUT2D eigenvalue weighted by Gasteiger charge is 2.20. The van der Waals surface area contributed by atoms with Crippen molar-refractivity contribution in [3.05, 3.63) is 18.1 Å². The van der Waals surface area contributed by atoms with Gasteiger partial charge in [0.1, 0.15) is 12.1 Å². The molecule has 0 radical (unpaired) electrons. The standard InChI is InChI=1S/C10H16N4/c11-4-5-12-10-6-9(13-7-14-10)8-2-1-3-8/h6-8H,1-5,11H2,(H,12,13,14). The number of anilines is 1. The molecule has 1 fully saturated rings. The molecule has 14 heavy (non-hydrogen) atoms. The molecule has 1 saturated carbocycles. The number of nitrogens with zero attached hydrogens (tertiary/aromatic N) is 2. The van der Waals surface area contributed by atoms with Gasteiger partial charge in [-0.05, 0) is 12.8 Å². The number of rotatable bonds is 4. The Kier molecular flexibility index (Phi) is 2.93. The second kappa shape index (κ2) is 4.37. The highest BCUT2D eigenvalue weighted by molar-refractivity contribution is 5.36. The van der Waals surface area contributed by atoms with Crippen molar-refractivity contribution in [2.45, 2.75) is 25.2 Å². The minimum Gasteiger partial charge on any atom is -0.369 e. The van der Waals surface area contributed by atoms with Crippen LogP contribution in [0.3, 0.4) is 0 Å². The lowest BCUT2D eigenvalue weighted by Crippen LogP contribution is -2.15. The molecule has 0 atom stereocenters. The van der Waals surface area contributed by atoms with E-state index in [2.05, 4.69) is 15.3 Å². The Morgan fingerprint density at radius 2 is 2.29 bits per heavy atom. The molecule has 0 unspecified atom stereocenters. The minimum absolute atomic E-state index is 0.628. The molecule has 2 rings (SSSR count). The summed E-state index contributed by atoms with van der Waals surface area (Å²) >= 11 is 0. The summed E-state index contributed by atoms with van der Waals surface area (Å²) in [5, 5.41) is 3.16. The minimum atomic E-state index is 0.628. The van der Waals surface area contributed by atoms with Crippen molar-refractivity contribution in [3.63, 3.8) is 0 Å². The predicted molar refractivity (Wildman–Crippen MR) is 56.2 cm³/mol. The number of hydrogen-bond acceptors (Lipinski definition) is 4. The Bertz CT molecular complexity index is 296. The van der Waals surface area contributed by atoms with Gasteiger partial charge in [-0.1, -0.05) is 6.42 Å². The summed E-state index contributed by atoms with van der Waals surface area (Å²) in [6.07, 6.45) is 5.51. The van der Waals surface area contributed by atoms with Crippen molar-refractivity contribution in [2.24, 2.45) is 5.73 Å². The highest BCUT2D eigenvalue weighted by Crippen LogP contribution is 2.35. The maximum absolute atomic E-state index is 5.41. The van der Waals surface area contributed by atoms with Crippen LogP contribution in [0, 0.1) is 0 Å². The lowest BCUT2D eigenvalue weighted by Gasteiger charge is -2.24. The molecule has 0 aromatic carbocycles. The SMILES string of the molecule is NCCNc1cc(C2CCC2)ncn1. The fourth-order valence-electron chi connectivity index (χ4n) is 1.60. The zero-order chi connectivity index (χ0) is 9.80. The molecule has 1 aromatic rings. The molecule has 1 heterocycles. The number of aromatic nitrogens is 2. The summed E-state index contributed by atoms with van der Waals surface area (Å²) in [4.78, 5) is 8.43. The maximum Gasteiger partial charge on any atom is 0.129 e. The van der Waals surface area contributed by atoms with Gasteiger partial charge in [0.2, 0.25) is 0 Å². The van der Waals surface area contributed by atoms with Gasteiger partial charge in [0.25, 0.3) is 0 Å². The van der Waals surface area contributed by atoms with Gasteiger partial charge in [0.15, 0.2) is 0 Å². The largest absolute Gasteiger partial charge is 0.369 e. The topological polar surface area (TPSA) is 63.8 Å². The summed E-state index contributed by atoms with van der Waals surface area (Å²) in [5.74, 6) is 1.56. The van der Waals surface area contributed by atoms with E-state index in [1.54, 1.807) is 6.33 Å². The van der Waals surface area contributed by atoms with E-state index in [1.165, 1.54) is 25.0 Å². The maximum atomic E-state index is 5.41. The summed E-state index contributed by atoms with van der Waals surface area (Å²) in [6.45, 7) is 1.39. The Morgan fingerprint density at radius 1 is 1.43 bits per heavy atom. The molecular formula is C10H16N4. The van der Waals surface area contributed by atoms with Gasteiger partial charge >= 0.3 is 0 Å². The van der Waals surface area contributed by atoms with Gasteiger partial charge in [-0.3, -0.25) is 0 Å². The molecule has 3 N–H and O–H groups in total. The van der Waals surface area contributed by atoms with Crippen molar-refractivity contribution in [1.82, 2.24) is 9.97 Å². The van der Waals surface area contributed by atoms with Crippen LogP contribution in [0.2, 0.25) is 0 Å². The highest BCUT2D eigenvalue weighted by atomic mass is 15.0. The first kappa shape index (κ1) is 9.40. The molecule has 76 valence electrons. The Morgan fingerprint density at radius 3 is 2.93 bits per heavy atom. The first-order chi connectivity index (χ1) is 6.90. The smallest absolute Gasteiger partial charge is 0.129 e. The summed E-state index contributed by atoms with van der Waals surface area (Å²) in [6, 6.07) is 2.04. The van der Waals surface area contributed by atoms with Crippen LogP contribution in [-0.2, 0) is 0 Å². The fraction of sp³-hybridized carbons (Fsp3) is 0.600. The third-order valence-corrected chi connectivity index (χ3v) is 2.66. The molecule has 1 aliphatic rings. The average Bonchev–Trinajstić information content (AvgIpc) is 2.13. The Balaban J connectivity index is 2.02. The van der Waals surface area contributed by atoms with Crippen LogP contribution in [0.5, 0.6) is 0 Å². The quantitative estimate of drug-likeness (QED) is 0.750. The van der Waals surface area contributed by atoms with Crippen molar-refractivity contribution >= 4 is 5.82 Å². The van der Waals surface area contributed by atoms with Crippen molar-refractivity contribution in [3.8, 4) is 0 Å². The van der Waals surface area contributed by atoms with E-state index in [0.29, 0.717) is 12.5 Å². The van der Waals surface area contributed by atoms with E-state index in [1.807, 2.05) is 6.07 Å². The third-order valence-electron chi connectivity index (χ3n) is 2.66. The number of nitrogens with two attached hydrogens (primary N) is 1. The molecule has 4 nitrogen and oxygen atoms in total. The van der Waals surface area contributed by atoms with Crippen LogP contribution in [0.1, 0.15) is 30.9 Å². The molecule has 4 heteroatoms. The Hall–Kier alpha value is -1.16. The number of hydrogen-bond donors (Lipinski definition) is 2. The van der Waals surface area contributed by atoms with Gasteiger partial charge in [-0.25, -0.2) is 9.97 Å². The molecule has 0 spiro atoms. The Labute approximate surface area is 83.9 Å². The van der Waals surface area contributed by atoms with Crippen LogP contribution in [-0.4, -0.2) is 23.1 Å². The van der Waals surface area contributed by atoms with E-state index in [0.717, 1.165) is 12.4 Å². The molecule has 1 aliphatic carbocycles.